The Balaban J connectivity index is 1.39. The first-order valence-electron chi connectivity index (χ1n) is 13.0. The van der Waals surface area contributed by atoms with Crippen LogP contribution in [0.15, 0.2) is 67.4 Å². The van der Waals surface area contributed by atoms with E-state index in [1.165, 1.54) is 6.33 Å². The molecule has 1 fully saturated rings. The van der Waals surface area contributed by atoms with Gasteiger partial charge in [-0.2, -0.15) is 0 Å². The average Bonchev–Trinajstić information content (AvgIpc) is 3.47. The summed E-state index contributed by atoms with van der Waals surface area (Å²) in [5.41, 5.74) is 2.49. The van der Waals surface area contributed by atoms with Gasteiger partial charge in [0.05, 0.1) is 11.9 Å². The van der Waals surface area contributed by atoms with Crippen molar-refractivity contribution in [1.82, 2.24) is 24.4 Å². The molecule has 0 aliphatic carbocycles. The van der Waals surface area contributed by atoms with Crippen molar-refractivity contribution in [3.63, 3.8) is 0 Å². The first-order chi connectivity index (χ1) is 19.2. The summed E-state index contributed by atoms with van der Waals surface area (Å²) in [7, 11) is 0. The second-order valence-electron chi connectivity index (χ2n) is 10.3. The Morgan fingerprint density at radius 1 is 0.925 bits per heavy atom. The normalized spacial score (nSPS) is 18.8. The quantitative estimate of drug-likeness (QED) is 0.334. The van der Waals surface area contributed by atoms with E-state index in [-0.39, 0.29) is 11.8 Å². The van der Waals surface area contributed by atoms with Crippen molar-refractivity contribution in [3.05, 3.63) is 83.0 Å². The van der Waals surface area contributed by atoms with E-state index in [1.807, 2.05) is 40.7 Å². The van der Waals surface area contributed by atoms with Gasteiger partial charge in [-0.05, 0) is 36.2 Å². The van der Waals surface area contributed by atoms with Crippen LogP contribution in [0.3, 0.4) is 0 Å². The van der Waals surface area contributed by atoms with E-state index >= 15 is 0 Å². The SMILES string of the molecule is CC(=O)N1CCN(c2cnc3n2[C@](C)(Cc2ccc(-c4cncnc4)cc2)C(=O)N3c2cc(Cl)cc(Cl)c2)CC1. The Morgan fingerprint density at radius 3 is 2.20 bits per heavy atom. The van der Waals surface area contributed by atoms with Crippen molar-refractivity contribution in [2.75, 3.05) is 36.0 Å². The molecule has 1 saturated heterocycles. The lowest BCUT2D eigenvalue weighted by molar-refractivity contribution is -0.129. The minimum Gasteiger partial charge on any atom is -0.353 e. The lowest BCUT2D eigenvalue weighted by Gasteiger charge is -2.37. The van der Waals surface area contributed by atoms with Crippen LogP contribution in [-0.4, -0.2) is 62.4 Å². The van der Waals surface area contributed by atoms with E-state index < -0.39 is 5.54 Å². The molecule has 204 valence electrons. The molecule has 0 radical (unpaired) electrons. The van der Waals surface area contributed by atoms with Crippen LogP contribution in [-0.2, 0) is 21.5 Å². The third-order valence-corrected chi connectivity index (χ3v) is 8.07. The molecule has 2 aromatic heterocycles. The number of halogens is 2. The molecule has 2 aromatic carbocycles. The fourth-order valence-electron chi connectivity index (χ4n) is 5.58. The summed E-state index contributed by atoms with van der Waals surface area (Å²) in [5.74, 6) is 1.28. The molecule has 0 unspecified atom stereocenters. The van der Waals surface area contributed by atoms with Gasteiger partial charge < -0.3 is 9.80 Å². The third kappa shape index (κ3) is 4.59. The number of hydrogen-bond donors (Lipinski definition) is 0. The Hall–Kier alpha value is -3.95. The molecule has 9 nitrogen and oxygen atoms in total. The van der Waals surface area contributed by atoms with Gasteiger partial charge >= 0.3 is 0 Å². The number of rotatable bonds is 5. The number of aromatic nitrogens is 4. The van der Waals surface area contributed by atoms with Crippen LogP contribution < -0.4 is 9.80 Å². The Bertz CT molecular complexity index is 1560. The number of fused-ring (bicyclic) bond motifs is 1. The van der Waals surface area contributed by atoms with Gasteiger partial charge in [-0.3, -0.25) is 14.2 Å². The number of anilines is 3. The van der Waals surface area contributed by atoms with E-state index in [0.717, 1.165) is 22.5 Å². The van der Waals surface area contributed by atoms with Crippen LogP contribution in [0, 0.1) is 0 Å². The predicted octanol–water partition coefficient (Wildman–Crippen LogP) is 4.95. The molecule has 2 aliphatic heterocycles. The van der Waals surface area contributed by atoms with Crippen molar-refractivity contribution in [1.29, 1.82) is 0 Å². The van der Waals surface area contributed by atoms with Gasteiger partial charge in [0.1, 0.15) is 17.7 Å². The minimum atomic E-state index is -0.981. The van der Waals surface area contributed by atoms with E-state index in [1.54, 1.807) is 48.6 Å². The van der Waals surface area contributed by atoms with Crippen molar-refractivity contribution in [2.45, 2.75) is 25.8 Å². The molecule has 1 atom stereocenters. The number of carbonyl (C=O) groups is 2. The summed E-state index contributed by atoms with van der Waals surface area (Å²) < 4.78 is 2.02. The maximum Gasteiger partial charge on any atom is 0.260 e. The first kappa shape index (κ1) is 26.3. The Kier molecular flexibility index (Phi) is 6.72. The second-order valence-corrected chi connectivity index (χ2v) is 11.2. The van der Waals surface area contributed by atoms with Gasteiger partial charge in [-0.15, -0.1) is 0 Å². The van der Waals surface area contributed by atoms with Gasteiger partial charge in [0, 0.05) is 67.5 Å². The lowest BCUT2D eigenvalue weighted by atomic mass is 9.91. The molecule has 6 rings (SSSR count). The van der Waals surface area contributed by atoms with Gasteiger partial charge in [0.2, 0.25) is 11.9 Å². The van der Waals surface area contributed by atoms with Crippen molar-refractivity contribution in [2.24, 2.45) is 0 Å². The van der Waals surface area contributed by atoms with Crippen molar-refractivity contribution < 1.29 is 9.59 Å². The average molecular weight is 576 g/mol. The molecule has 0 saturated carbocycles. The van der Waals surface area contributed by atoms with Crippen LogP contribution in [0.25, 0.3) is 11.1 Å². The zero-order valence-corrected chi connectivity index (χ0v) is 23.6. The predicted molar refractivity (Wildman–Crippen MR) is 155 cm³/mol. The topological polar surface area (TPSA) is 87.5 Å². The highest BCUT2D eigenvalue weighted by Gasteiger charge is 2.51. The molecular formula is C29H27Cl2N7O2. The standard InChI is InChI=1S/C29H27Cl2N7O2/c1-19(39)35-7-9-36(10-8-35)26-17-34-28-37(25-12-23(30)11-24(31)13-25)27(40)29(2,38(26)28)14-20-3-5-21(6-4-20)22-15-32-18-33-16-22/h3-6,11-13,15-18H,7-10,14H2,1-2H3/t29-/m1/s1. The monoisotopic (exact) mass is 575 g/mol. The molecule has 0 N–H and O–H groups in total. The van der Waals surface area contributed by atoms with Crippen LogP contribution in [0.4, 0.5) is 17.5 Å². The zero-order chi connectivity index (χ0) is 28.0. The fourth-order valence-corrected chi connectivity index (χ4v) is 6.10. The molecule has 4 heterocycles. The summed E-state index contributed by atoms with van der Waals surface area (Å²) >= 11 is 12.7. The summed E-state index contributed by atoms with van der Waals surface area (Å²) in [5, 5.41) is 0.867. The van der Waals surface area contributed by atoms with E-state index in [2.05, 4.69) is 14.9 Å². The summed E-state index contributed by atoms with van der Waals surface area (Å²) in [6.07, 6.45) is 7.29. The highest BCUT2D eigenvalue weighted by Crippen LogP contribution is 2.45. The smallest absolute Gasteiger partial charge is 0.260 e. The van der Waals surface area contributed by atoms with Gasteiger partial charge in [0.15, 0.2) is 0 Å². The summed E-state index contributed by atoms with van der Waals surface area (Å²) in [6, 6.07) is 13.2. The van der Waals surface area contributed by atoms with Crippen molar-refractivity contribution in [3.8, 4) is 11.1 Å². The molecule has 2 aliphatic rings. The number of hydrogen-bond acceptors (Lipinski definition) is 6. The maximum atomic E-state index is 14.3. The molecular weight excluding hydrogens is 549 g/mol. The molecule has 4 aromatic rings. The molecule has 11 heteroatoms. The number of piperazine rings is 1. The van der Waals surface area contributed by atoms with E-state index in [0.29, 0.717) is 54.3 Å². The van der Waals surface area contributed by atoms with E-state index in [9.17, 15) is 9.59 Å². The van der Waals surface area contributed by atoms with E-state index in [4.69, 9.17) is 28.2 Å². The third-order valence-electron chi connectivity index (χ3n) is 7.63. The van der Waals surface area contributed by atoms with Crippen LogP contribution in [0.5, 0.6) is 0 Å². The number of amides is 2. The Labute approximate surface area is 242 Å². The van der Waals surface area contributed by atoms with Crippen LogP contribution in [0.1, 0.15) is 19.4 Å². The molecule has 0 bridgehead atoms. The second kappa shape index (κ2) is 10.2. The van der Waals surface area contributed by atoms with Crippen LogP contribution in [0.2, 0.25) is 10.0 Å². The fraction of sp³-hybridized carbons (Fsp3) is 0.276. The highest BCUT2D eigenvalue weighted by molar-refractivity contribution is 6.35. The van der Waals surface area contributed by atoms with Crippen molar-refractivity contribution >= 4 is 52.5 Å². The highest BCUT2D eigenvalue weighted by atomic mass is 35.5. The molecule has 40 heavy (non-hydrogen) atoms. The number of imidazole rings is 1. The number of benzene rings is 2. The minimum absolute atomic E-state index is 0.0627. The Morgan fingerprint density at radius 2 is 1.57 bits per heavy atom. The largest absolute Gasteiger partial charge is 0.353 e. The molecule has 0 spiro atoms. The number of carbonyl (C=O) groups excluding carboxylic acids is 2. The lowest BCUT2D eigenvalue weighted by Crippen LogP contribution is -2.49. The first-order valence-corrected chi connectivity index (χ1v) is 13.7. The van der Waals surface area contributed by atoms with Crippen LogP contribution >= 0.6 is 23.2 Å². The van der Waals surface area contributed by atoms with Gasteiger partial charge in [0.25, 0.3) is 5.91 Å². The maximum absolute atomic E-state index is 14.3. The van der Waals surface area contributed by atoms with Gasteiger partial charge in [-0.25, -0.2) is 19.9 Å². The zero-order valence-electron chi connectivity index (χ0n) is 22.1. The van der Waals surface area contributed by atoms with Gasteiger partial charge in [-0.1, -0.05) is 47.5 Å². The molecule has 2 amide bonds. The number of nitrogens with zero attached hydrogens (tertiary/aromatic N) is 7. The summed E-state index contributed by atoms with van der Waals surface area (Å²) in [4.78, 5) is 44.8. The summed E-state index contributed by atoms with van der Waals surface area (Å²) in [6.45, 7) is 6.04.